The molecule has 0 aromatic heterocycles. The first-order valence-electron chi connectivity index (χ1n) is 7.24. The predicted octanol–water partition coefficient (Wildman–Crippen LogP) is 3.98. The van der Waals surface area contributed by atoms with Crippen LogP contribution in [0.15, 0.2) is 18.2 Å². The topological polar surface area (TPSA) is 29.3 Å². The second-order valence-corrected chi connectivity index (χ2v) is 5.19. The van der Waals surface area contributed by atoms with Crippen molar-refractivity contribution in [2.45, 2.75) is 53.0 Å². The van der Waals surface area contributed by atoms with Crippen LogP contribution >= 0.6 is 0 Å². The maximum Gasteiger partial charge on any atom is 0.0359 e. The van der Waals surface area contributed by atoms with Crippen LogP contribution in [0.3, 0.4) is 0 Å². The van der Waals surface area contributed by atoms with Crippen molar-refractivity contribution in [3.05, 3.63) is 29.3 Å². The fourth-order valence-electron chi connectivity index (χ4n) is 2.15. The Balaban J connectivity index is 2.65. The van der Waals surface area contributed by atoms with Crippen LogP contribution in [0.2, 0.25) is 0 Å². The zero-order chi connectivity index (χ0) is 13.4. The third-order valence-corrected chi connectivity index (χ3v) is 3.35. The number of unbranched alkanes of at least 4 members (excludes halogenated alkanes) is 2. The van der Waals surface area contributed by atoms with E-state index in [1.807, 2.05) is 6.07 Å². The average molecular weight is 248 g/mol. The lowest BCUT2D eigenvalue weighted by Crippen LogP contribution is -2.26. The minimum Gasteiger partial charge on any atom is -0.398 e. The Bertz CT molecular complexity index is 339. The monoisotopic (exact) mass is 248 g/mol. The molecular formula is C16H28N2. The second kappa shape index (κ2) is 8.15. The number of nitrogen functional groups attached to an aromatic ring is 1. The van der Waals surface area contributed by atoms with Crippen molar-refractivity contribution in [1.29, 1.82) is 0 Å². The van der Waals surface area contributed by atoms with Crippen molar-refractivity contribution in [3.63, 3.8) is 0 Å². The van der Waals surface area contributed by atoms with Crippen LogP contribution in [0, 0.1) is 6.92 Å². The van der Waals surface area contributed by atoms with E-state index in [0.717, 1.165) is 12.2 Å². The molecule has 0 amide bonds. The van der Waals surface area contributed by atoms with E-state index in [1.54, 1.807) is 0 Å². The highest BCUT2D eigenvalue weighted by Crippen LogP contribution is 2.16. The summed E-state index contributed by atoms with van der Waals surface area (Å²) in [6, 6.07) is 6.34. The highest BCUT2D eigenvalue weighted by atomic mass is 15.1. The Labute approximate surface area is 112 Å². The SMILES string of the molecule is CCCCN(CCCC)Cc1cc(C)ccc1N. The summed E-state index contributed by atoms with van der Waals surface area (Å²) in [5.74, 6) is 0. The smallest absolute Gasteiger partial charge is 0.0359 e. The lowest BCUT2D eigenvalue weighted by atomic mass is 10.1. The molecule has 0 atom stereocenters. The average Bonchev–Trinajstić information content (AvgIpc) is 2.37. The van der Waals surface area contributed by atoms with Gasteiger partial charge in [0.2, 0.25) is 0 Å². The van der Waals surface area contributed by atoms with E-state index < -0.39 is 0 Å². The molecule has 0 bridgehead atoms. The first-order chi connectivity index (χ1) is 8.67. The van der Waals surface area contributed by atoms with Crippen molar-refractivity contribution >= 4 is 5.69 Å². The van der Waals surface area contributed by atoms with Gasteiger partial charge in [-0.05, 0) is 44.5 Å². The first kappa shape index (κ1) is 15.0. The second-order valence-electron chi connectivity index (χ2n) is 5.19. The number of benzene rings is 1. The molecule has 2 heteroatoms. The molecule has 1 rings (SSSR count). The van der Waals surface area contributed by atoms with E-state index in [2.05, 4.69) is 37.8 Å². The van der Waals surface area contributed by atoms with Gasteiger partial charge in [-0.1, -0.05) is 44.4 Å². The molecule has 0 unspecified atom stereocenters. The van der Waals surface area contributed by atoms with Crippen LogP contribution in [0.1, 0.15) is 50.7 Å². The van der Waals surface area contributed by atoms with Crippen molar-refractivity contribution in [3.8, 4) is 0 Å². The Morgan fingerprint density at radius 1 is 1.06 bits per heavy atom. The van der Waals surface area contributed by atoms with E-state index in [1.165, 1.54) is 49.9 Å². The van der Waals surface area contributed by atoms with Gasteiger partial charge in [0.25, 0.3) is 0 Å². The van der Waals surface area contributed by atoms with Gasteiger partial charge >= 0.3 is 0 Å². The van der Waals surface area contributed by atoms with Gasteiger partial charge in [-0.25, -0.2) is 0 Å². The van der Waals surface area contributed by atoms with Crippen molar-refractivity contribution in [1.82, 2.24) is 4.90 Å². The summed E-state index contributed by atoms with van der Waals surface area (Å²) in [6.45, 7) is 9.99. The zero-order valence-corrected chi connectivity index (χ0v) is 12.2. The van der Waals surface area contributed by atoms with Crippen molar-refractivity contribution in [2.75, 3.05) is 18.8 Å². The molecule has 0 saturated carbocycles. The molecule has 0 heterocycles. The van der Waals surface area contributed by atoms with Gasteiger partial charge in [0, 0.05) is 12.2 Å². The van der Waals surface area contributed by atoms with Gasteiger partial charge in [-0.15, -0.1) is 0 Å². The lowest BCUT2D eigenvalue weighted by Gasteiger charge is -2.23. The Hall–Kier alpha value is -1.02. The summed E-state index contributed by atoms with van der Waals surface area (Å²) in [5.41, 5.74) is 9.57. The standard InChI is InChI=1S/C16H28N2/c1-4-6-10-18(11-7-5-2)13-15-12-14(3)8-9-16(15)17/h8-9,12H,4-7,10-11,13,17H2,1-3H3. The molecule has 0 saturated heterocycles. The highest BCUT2D eigenvalue weighted by molar-refractivity contribution is 5.48. The highest BCUT2D eigenvalue weighted by Gasteiger charge is 2.07. The van der Waals surface area contributed by atoms with E-state index in [0.29, 0.717) is 0 Å². The third-order valence-electron chi connectivity index (χ3n) is 3.35. The van der Waals surface area contributed by atoms with Gasteiger partial charge in [0.05, 0.1) is 0 Å². The molecule has 0 fully saturated rings. The van der Waals surface area contributed by atoms with Gasteiger partial charge in [0.15, 0.2) is 0 Å². The summed E-state index contributed by atoms with van der Waals surface area (Å²) in [4.78, 5) is 2.54. The molecule has 0 aliphatic rings. The lowest BCUT2D eigenvalue weighted by molar-refractivity contribution is 0.257. The maximum atomic E-state index is 6.07. The maximum absolute atomic E-state index is 6.07. The first-order valence-corrected chi connectivity index (χ1v) is 7.24. The number of hydrogen-bond acceptors (Lipinski definition) is 2. The number of rotatable bonds is 8. The van der Waals surface area contributed by atoms with Gasteiger partial charge in [0.1, 0.15) is 0 Å². The Morgan fingerprint density at radius 2 is 1.67 bits per heavy atom. The van der Waals surface area contributed by atoms with Gasteiger partial charge in [-0.2, -0.15) is 0 Å². The van der Waals surface area contributed by atoms with Crippen LogP contribution in [0.5, 0.6) is 0 Å². The number of nitrogens with two attached hydrogens (primary N) is 1. The summed E-state index contributed by atoms with van der Waals surface area (Å²) < 4.78 is 0. The predicted molar refractivity (Wildman–Crippen MR) is 80.7 cm³/mol. The van der Waals surface area contributed by atoms with Crippen LogP contribution in [-0.2, 0) is 6.54 Å². The molecule has 2 N–H and O–H groups in total. The summed E-state index contributed by atoms with van der Waals surface area (Å²) >= 11 is 0. The van der Waals surface area contributed by atoms with Crippen LogP contribution in [-0.4, -0.2) is 18.0 Å². The van der Waals surface area contributed by atoms with Gasteiger partial charge in [-0.3, -0.25) is 4.90 Å². The molecule has 1 aromatic rings. The van der Waals surface area contributed by atoms with E-state index in [4.69, 9.17) is 5.73 Å². The quantitative estimate of drug-likeness (QED) is 0.705. The number of aryl methyl sites for hydroxylation is 1. The third kappa shape index (κ3) is 5.09. The summed E-state index contributed by atoms with van der Waals surface area (Å²) in [7, 11) is 0. The fourth-order valence-corrected chi connectivity index (χ4v) is 2.15. The fraction of sp³-hybridized carbons (Fsp3) is 0.625. The van der Waals surface area contributed by atoms with Crippen LogP contribution < -0.4 is 5.73 Å². The molecular weight excluding hydrogens is 220 g/mol. The summed E-state index contributed by atoms with van der Waals surface area (Å²) in [6.07, 6.45) is 5.06. The molecule has 0 aliphatic heterocycles. The molecule has 1 aromatic carbocycles. The van der Waals surface area contributed by atoms with Gasteiger partial charge < -0.3 is 5.73 Å². The largest absolute Gasteiger partial charge is 0.398 e. The van der Waals surface area contributed by atoms with Crippen molar-refractivity contribution in [2.24, 2.45) is 0 Å². The Morgan fingerprint density at radius 3 is 2.22 bits per heavy atom. The molecule has 0 aliphatic carbocycles. The number of hydrogen-bond donors (Lipinski definition) is 1. The molecule has 0 spiro atoms. The Kier molecular flexibility index (Phi) is 6.81. The van der Waals surface area contributed by atoms with Crippen LogP contribution in [0.4, 0.5) is 5.69 Å². The molecule has 0 radical (unpaired) electrons. The van der Waals surface area contributed by atoms with E-state index in [9.17, 15) is 0 Å². The molecule has 2 nitrogen and oxygen atoms in total. The zero-order valence-electron chi connectivity index (χ0n) is 12.2. The van der Waals surface area contributed by atoms with Crippen LogP contribution in [0.25, 0.3) is 0 Å². The van der Waals surface area contributed by atoms with Crippen molar-refractivity contribution < 1.29 is 0 Å². The van der Waals surface area contributed by atoms with E-state index in [-0.39, 0.29) is 0 Å². The van der Waals surface area contributed by atoms with E-state index >= 15 is 0 Å². The molecule has 102 valence electrons. The normalized spacial score (nSPS) is 11.1. The number of nitrogens with zero attached hydrogens (tertiary/aromatic N) is 1. The summed E-state index contributed by atoms with van der Waals surface area (Å²) in [5, 5.41) is 0. The molecule has 18 heavy (non-hydrogen) atoms. The minimum atomic E-state index is 0.929. The number of anilines is 1. The minimum absolute atomic E-state index is 0.929.